The predicted octanol–water partition coefficient (Wildman–Crippen LogP) is 6.18. The lowest BCUT2D eigenvalue weighted by Crippen LogP contribution is -2.55. The van der Waals surface area contributed by atoms with Crippen molar-refractivity contribution in [2.45, 2.75) is 95.6 Å². The molecule has 0 unspecified atom stereocenters. The lowest BCUT2D eigenvalue weighted by molar-refractivity contribution is -0.139. The number of nitrogens with one attached hydrogen (secondary N) is 2. The van der Waals surface area contributed by atoms with Gasteiger partial charge in [-0.15, -0.1) is 0 Å². The number of carbonyl (C=O) groups is 2. The molecule has 3 aliphatic rings. The Labute approximate surface area is 309 Å². The molecule has 0 spiro atoms. The summed E-state index contributed by atoms with van der Waals surface area (Å²) in [6.45, 7) is 12.7. The van der Waals surface area contributed by atoms with E-state index >= 15 is 8.78 Å². The minimum absolute atomic E-state index is 0.0384. The molecule has 0 radical (unpaired) electrons. The number of nitriles is 1. The number of rotatable bonds is 11. The van der Waals surface area contributed by atoms with Gasteiger partial charge in [0, 0.05) is 55.3 Å². The molecule has 0 aliphatic carbocycles. The summed E-state index contributed by atoms with van der Waals surface area (Å²) in [5.74, 6) is -3.54. The van der Waals surface area contributed by atoms with Crippen LogP contribution in [-0.4, -0.2) is 91.5 Å². The molecule has 5 rings (SSSR count). The average molecular weight is 749 g/mol. The number of amides is 2. The SMILES string of the molecule is CC(C)(C)C[C@@H]1N[C@@H](C(=O)N2CCN(CC(=O)NCCCC[C@H]3COC(C)(C)O3)CC2)[C@H](c2cccc(Cl)c2F)[C@@]1(C#N)c1ccc(Cl)cc1F. The van der Waals surface area contributed by atoms with Gasteiger partial charge in [0.05, 0.1) is 36.4 Å². The van der Waals surface area contributed by atoms with Gasteiger partial charge < -0.3 is 25.0 Å². The van der Waals surface area contributed by atoms with Crippen LogP contribution >= 0.6 is 23.2 Å². The average Bonchev–Trinajstić information content (AvgIpc) is 3.57. The van der Waals surface area contributed by atoms with Gasteiger partial charge in [-0.1, -0.05) is 62.2 Å². The van der Waals surface area contributed by atoms with Gasteiger partial charge in [-0.25, -0.2) is 8.78 Å². The van der Waals surface area contributed by atoms with Crippen LogP contribution in [-0.2, 0) is 24.5 Å². The van der Waals surface area contributed by atoms with E-state index in [1.165, 1.54) is 24.3 Å². The van der Waals surface area contributed by atoms with E-state index in [4.69, 9.17) is 32.7 Å². The van der Waals surface area contributed by atoms with Gasteiger partial charge in [0.1, 0.15) is 17.0 Å². The van der Waals surface area contributed by atoms with Crippen molar-refractivity contribution in [2.24, 2.45) is 5.41 Å². The van der Waals surface area contributed by atoms with E-state index in [-0.39, 0.29) is 51.1 Å². The Balaban J connectivity index is 1.29. The molecule has 0 saturated carbocycles. The molecule has 9 nitrogen and oxygen atoms in total. The van der Waals surface area contributed by atoms with E-state index in [1.54, 1.807) is 11.0 Å². The van der Waals surface area contributed by atoms with Crippen LogP contribution in [0.5, 0.6) is 0 Å². The minimum atomic E-state index is -1.69. The first-order chi connectivity index (χ1) is 24.0. The van der Waals surface area contributed by atoms with E-state index in [1.807, 2.05) is 39.5 Å². The van der Waals surface area contributed by atoms with Gasteiger partial charge in [0.15, 0.2) is 5.79 Å². The lowest BCUT2D eigenvalue weighted by Gasteiger charge is -2.38. The number of carbonyl (C=O) groups excluding carboxylic acids is 2. The van der Waals surface area contributed by atoms with Gasteiger partial charge in [0.25, 0.3) is 0 Å². The smallest absolute Gasteiger partial charge is 0.240 e. The van der Waals surface area contributed by atoms with Gasteiger partial charge >= 0.3 is 0 Å². The Hall–Kier alpha value is -2.85. The van der Waals surface area contributed by atoms with Crippen molar-refractivity contribution >= 4 is 35.0 Å². The summed E-state index contributed by atoms with van der Waals surface area (Å²) in [5, 5.41) is 17.5. The van der Waals surface area contributed by atoms with Crippen molar-refractivity contribution in [1.82, 2.24) is 20.4 Å². The fraction of sp³-hybridized carbons (Fsp3) is 0.605. The fourth-order valence-electron chi connectivity index (χ4n) is 7.76. The summed E-state index contributed by atoms with van der Waals surface area (Å²) in [7, 11) is 0. The van der Waals surface area contributed by atoms with E-state index in [2.05, 4.69) is 16.7 Å². The van der Waals surface area contributed by atoms with Crippen molar-refractivity contribution in [2.75, 3.05) is 45.9 Å². The first kappa shape index (κ1) is 39.4. The third-order valence-corrected chi connectivity index (χ3v) is 10.6. The van der Waals surface area contributed by atoms with Crippen molar-refractivity contribution < 1.29 is 27.8 Å². The number of unbranched alkanes of at least 4 members (excludes halogenated alkanes) is 1. The van der Waals surface area contributed by atoms with Crippen LogP contribution in [0, 0.1) is 28.4 Å². The first-order valence-electron chi connectivity index (χ1n) is 17.7. The second-order valence-corrected chi connectivity index (χ2v) is 16.4. The lowest BCUT2D eigenvalue weighted by atomic mass is 9.62. The number of halogens is 4. The molecule has 2 N–H and O–H groups in total. The molecule has 2 aromatic carbocycles. The Kier molecular flexibility index (Phi) is 12.4. The quantitative estimate of drug-likeness (QED) is 0.265. The molecular formula is C38H49Cl2F2N5O4. The largest absolute Gasteiger partial charge is 0.355 e. The Morgan fingerprint density at radius 2 is 1.82 bits per heavy atom. The van der Waals surface area contributed by atoms with Gasteiger partial charge in [-0.2, -0.15) is 5.26 Å². The first-order valence-corrected chi connectivity index (χ1v) is 18.5. The van der Waals surface area contributed by atoms with Crippen LogP contribution in [0.2, 0.25) is 10.0 Å². The summed E-state index contributed by atoms with van der Waals surface area (Å²) in [6.07, 6.45) is 3.08. The van der Waals surface area contributed by atoms with E-state index in [0.29, 0.717) is 45.8 Å². The van der Waals surface area contributed by atoms with Crippen molar-refractivity contribution in [3.63, 3.8) is 0 Å². The molecule has 0 aromatic heterocycles. The summed E-state index contributed by atoms with van der Waals surface area (Å²) in [4.78, 5) is 30.9. The molecule has 2 aromatic rings. The maximum atomic E-state index is 16.0. The highest BCUT2D eigenvalue weighted by Crippen LogP contribution is 2.53. The number of hydrogen-bond donors (Lipinski definition) is 2. The number of piperazine rings is 1. The normalized spacial score (nSPS) is 26.6. The molecule has 3 fully saturated rings. The fourth-order valence-corrected chi connectivity index (χ4v) is 8.10. The second-order valence-electron chi connectivity index (χ2n) is 15.6. The van der Waals surface area contributed by atoms with Gasteiger partial charge in [-0.05, 0) is 68.7 Å². The van der Waals surface area contributed by atoms with Crippen LogP contribution in [0.25, 0.3) is 0 Å². The van der Waals surface area contributed by atoms with E-state index in [0.717, 1.165) is 25.3 Å². The molecular weight excluding hydrogens is 699 g/mol. The highest BCUT2D eigenvalue weighted by molar-refractivity contribution is 6.31. The summed E-state index contributed by atoms with van der Waals surface area (Å²) >= 11 is 12.4. The zero-order valence-corrected chi connectivity index (χ0v) is 31.6. The minimum Gasteiger partial charge on any atom is -0.355 e. The third kappa shape index (κ3) is 9.03. The van der Waals surface area contributed by atoms with Crippen LogP contribution in [0.3, 0.4) is 0 Å². The molecule has 13 heteroatoms. The van der Waals surface area contributed by atoms with Crippen LogP contribution in [0.15, 0.2) is 36.4 Å². The number of ether oxygens (including phenoxy) is 2. The summed E-state index contributed by atoms with van der Waals surface area (Å²) < 4.78 is 43.4. The number of nitrogens with zero attached hydrogens (tertiary/aromatic N) is 3. The predicted molar refractivity (Wildman–Crippen MR) is 192 cm³/mol. The van der Waals surface area contributed by atoms with E-state index < -0.39 is 40.8 Å². The van der Waals surface area contributed by atoms with Crippen molar-refractivity contribution in [3.05, 3.63) is 69.2 Å². The zero-order valence-electron chi connectivity index (χ0n) is 30.0. The maximum absolute atomic E-state index is 16.0. The summed E-state index contributed by atoms with van der Waals surface area (Å²) in [6, 6.07) is 9.19. The van der Waals surface area contributed by atoms with E-state index in [9.17, 15) is 14.9 Å². The third-order valence-electron chi connectivity index (χ3n) is 10.1. The second kappa shape index (κ2) is 16.0. The molecule has 3 heterocycles. The molecule has 3 aliphatic heterocycles. The molecule has 2 amide bonds. The zero-order chi connectivity index (χ0) is 37.1. The van der Waals surface area contributed by atoms with Crippen LogP contribution in [0.1, 0.15) is 77.3 Å². The Bertz CT molecular complexity index is 1620. The molecule has 5 atom stereocenters. The number of benzene rings is 2. The standard InChI is InChI=1S/C38H49Cl2F2N5O4/c1-36(2,3)20-30-38(23-43,27-13-12-24(39)19-29(27)41)32(26-10-8-11-28(40)33(26)42)34(45-30)35(49)47-17-15-46(16-18-47)21-31(48)44-14-7-6-9-25-22-50-37(4,5)51-25/h8,10-13,19,25,30,32,34,45H,6-7,9,14-18,20-22H2,1-5H3,(H,44,48)/t25-,30-,32-,34+,38-/m0/s1. The van der Waals surface area contributed by atoms with Crippen molar-refractivity contribution in [3.8, 4) is 6.07 Å². The maximum Gasteiger partial charge on any atom is 0.240 e. The van der Waals surface area contributed by atoms with Gasteiger partial charge in [0.2, 0.25) is 11.8 Å². The highest BCUT2D eigenvalue weighted by Gasteiger charge is 2.61. The van der Waals surface area contributed by atoms with Crippen LogP contribution in [0.4, 0.5) is 8.78 Å². The Morgan fingerprint density at radius 1 is 1.10 bits per heavy atom. The van der Waals surface area contributed by atoms with Crippen molar-refractivity contribution in [1.29, 1.82) is 5.26 Å². The van der Waals surface area contributed by atoms with Gasteiger partial charge in [-0.3, -0.25) is 14.5 Å². The topological polar surface area (TPSA) is 107 Å². The molecule has 0 bridgehead atoms. The molecule has 51 heavy (non-hydrogen) atoms. The Morgan fingerprint density at radius 3 is 2.45 bits per heavy atom. The van der Waals surface area contributed by atoms with Crippen LogP contribution < -0.4 is 10.6 Å². The highest BCUT2D eigenvalue weighted by atomic mass is 35.5. The molecule has 278 valence electrons. The number of hydrogen-bond acceptors (Lipinski definition) is 7. The monoisotopic (exact) mass is 747 g/mol. The molecule has 3 saturated heterocycles. The summed E-state index contributed by atoms with van der Waals surface area (Å²) in [5.41, 5.74) is -1.94.